The summed E-state index contributed by atoms with van der Waals surface area (Å²) in [4.78, 5) is 0. The minimum atomic E-state index is 0.204. The zero-order valence-corrected chi connectivity index (χ0v) is 15.8. The van der Waals surface area contributed by atoms with E-state index in [4.69, 9.17) is 0 Å². The van der Waals surface area contributed by atoms with Crippen molar-refractivity contribution in [2.24, 2.45) is 5.92 Å². The SMILES string of the molecule is CCCC(C)CC(CBr)(CBr)c1ccc(Br)cc1. The molecule has 0 aliphatic carbocycles. The van der Waals surface area contributed by atoms with Gasteiger partial charge in [0.15, 0.2) is 0 Å². The van der Waals surface area contributed by atoms with E-state index in [9.17, 15) is 0 Å². The van der Waals surface area contributed by atoms with Crippen molar-refractivity contribution in [3.63, 3.8) is 0 Å². The van der Waals surface area contributed by atoms with E-state index in [0.29, 0.717) is 0 Å². The first kappa shape index (κ1) is 16.7. The second kappa shape index (κ2) is 8.06. The highest BCUT2D eigenvalue weighted by molar-refractivity contribution is 9.10. The van der Waals surface area contributed by atoms with E-state index >= 15 is 0 Å². The van der Waals surface area contributed by atoms with Gasteiger partial charge in [0.2, 0.25) is 0 Å². The molecular weight excluding hydrogens is 420 g/mol. The third-order valence-corrected chi connectivity index (χ3v) is 6.16. The van der Waals surface area contributed by atoms with Crippen LogP contribution in [0, 0.1) is 5.92 Å². The van der Waals surface area contributed by atoms with Gasteiger partial charge in [-0.2, -0.15) is 0 Å². The summed E-state index contributed by atoms with van der Waals surface area (Å²) in [6, 6.07) is 8.76. The van der Waals surface area contributed by atoms with Crippen molar-refractivity contribution in [2.45, 2.75) is 38.5 Å². The summed E-state index contributed by atoms with van der Waals surface area (Å²) < 4.78 is 1.14. The number of hydrogen-bond acceptors (Lipinski definition) is 0. The van der Waals surface area contributed by atoms with Gasteiger partial charge in [0.05, 0.1) is 0 Å². The predicted molar refractivity (Wildman–Crippen MR) is 92.1 cm³/mol. The normalized spacial score (nSPS) is 13.6. The maximum absolute atomic E-state index is 3.73. The molecule has 0 saturated heterocycles. The molecule has 0 nitrogen and oxygen atoms in total. The smallest absolute Gasteiger partial charge is 0.0175 e. The van der Waals surface area contributed by atoms with Crippen LogP contribution in [0.3, 0.4) is 0 Å². The number of rotatable bonds is 7. The van der Waals surface area contributed by atoms with Crippen molar-refractivity contribution in [1.82, 2.24) is 0 Å². The first-order chi connectivity index (χ1) is 8.57. The minimum Gasteiger partial charge on any atom is -0.0918 e. The summed E-state index contributed by atoms with van der Waals surface area (Å²) in [5.41, 5.74) is 1.62. The molecule has 102 valence electrons. The van der Waals surface area contributed by atoms with Gasteiger partial charge in [-0.1, -0.05) is 86.6 Å². The molecule has 18 heavy (non-hydrogen) atoms. The molecule has 0 aliphatic heterocycles. The third-order valence-electron chi connectivity index (χ3n) is 3.49. The van der Waals surface area contributed by atoms with Crippen LogP contribution in [0.1, 0.15) is 38.7 Å². The van der Waals surface area contributed by atoms with Gasteiger partial charge in [-0.15, -0.1) is 0 Å². The molecule has 1 aromatic rings. The Morgan fingerprint density at radius 3 is 2.11 bits per heavy atom. The third kappa shape index (κ3) is 4.35. The van der Waals surface area contributed by atoms with Crippen LogP contribution in [-0.4, -0.2) is 10.7 Å². The van der Waals surface area contributed by atoms with Gasteiger partial charge in [0.25, 0.3) is 0 Å². The Morgan fingerprint density at radius 1 is 1.11 bits per heavy atom. The van der Waals surface area contributed by atoms with E-state index < -0.39 is 0 Å². The topological polar surface area (TPSA) is 0 Å². The maximum Gasteiger partial charge on any atom is 0.0175 e. The second-order valence-electron chi connectivity index (χ2n) is 5.15. The zero-order valence-electron chi connectivity index (χ0n) is 11.1. The minimum absolute atomic E-state index is 0.204. The molecule has 0 N–H and O–H groups in total. The Labute approximate surface area is 136 Å². The lowest BCUT2D eigenvalue weighted by Gasteiger charge is -2.33. The van der Waals surface area contributed by atoms with Gasteiger partial charge < -0.3 is 0 Å². The van der Waals surface area contributed by atoms with Crippen molar-refractivity contribution in [3.05, 3.63) is 34.3 Å². The van der Waals surface area contributed by atoms with Crippen molar-refractivity contribution in [1.29, 1.82) is 0 Å². The second-order valence-corrected chi connectivity index (χ2v) is 7.19. The highest BCUT2D eigenvalue weighted by Crippen LogP contribution is 2.36. The predicted octanol–water partition coefficient (Wildman–Crippen LogP) is 6.30. The van der Waals surface area contributed by atoms with Crippen LogP contribution in [0.25, 0.3) is 0 Å². The van der Waals surface area contributed by atoms with Crippen LogP contribution in [0.15, 0.2) is 28.7 Å². The molecule has 0 bridgehead atoms. The molecule has 3 heteroatoms. The van der Waals surface area contributed by atoms with Crippen molar-refractivity contribution < 1.29 is 0 Å². The summed E-state index contributed by atoms with van der Waals surface area (Å²) in [5.74, 6) is 0.758. The number of alkyl halides is 2. The Bertz CT molecular complexity index is 341. The van der Waals surface area contributed by atoms with E-state index in [1.165, 1.54) is 24.8 Å². The summed E-state index contributed by atoms with van der Waals surface area (Å²) >= 11 is 11.0. The average Bonchev–Trinajstić information content (AvgIpc) is 2.37. The van der Waals surface area contributed by atoms with E-state index in [1.807, 2.05) is 0 Å². The lowest BCUT2D eigenvalue weighted by molar-refractivity contribution is 0.374. The highest BCUT2D eigenvalue weighted by atomic mass is 79.9. The van der Waals surface area contributed by atoms with Crippen molar-refractivity contribution >= 4 is 47.8 Å². The first-order valence-electron chi connectivity index (χ1n) is 6.46. The van der Waals surface area contributed by atoms with Crippen LogP contribution in [0.4, 0.5) is 0 Å². The molecule has 0 aromatic heterocycles. The molecule has 0 saturated carbocycles. The molecule has 0 heterocycles. The van der Waals surface area contributed by atoms with Crippen molar-refractivity contribution in [2.75, 3.05) is 10.7 Å². The lowest BCUT2D eigenvalue weighted by atomic mass is 9.76. The van der Waals surface area contributed by atoms with Gasteiger partial charge in [-0.25, -0.2) is 0 Å². The summed E-state index contributed by atoms with van der Waals surface area (Å²) in [7, 11) is 0. The van der Waals surface area contributed by atoms with Gasteiger partial charge in [-0.3, -0.25) is 0 Å². The molecule has 1 unspecified atom stereocenters. The largest absolute Gasteiger partial charge is 0.0918 e. The summed E-state index contributed by atoms with van der Waals surface area (Å²) in [5, 5.41) is 2.00. The summed E-state index contributed by atoms with van der Waals surface area (Å²) in [6.07, 6.45) is 3.79. The lowest BCUT2D eigenvalue weighted by Crippen LogP contribution is -2.32. The van der Waals surface area contributed by atoms with Gasteiger partial charge in [-0.05, 0) is 30.0 Å². The van der Waals surface area contributed by atoms with E-state index in [0.717, 1.165) is 21.1 Å². The monoisotopic (exact) mass is 438 g/mol. The average molecular weight is 441 g/mol. The van der Waals surface area contributed by atoms with Gasteiger partial charge >= 0.3 is 0 Å². The maximum atomic E-state index is 3.73. The Kier molecular flexibility index (Phi) is 7.48. The summed E-state index contributed by atoms with van der Waals surface area (Å²) in [6.45, 7) is 4.63. The fourth-order valence-electron chi connectivity index (χ4n) is 2.48. The van der Waals surface area contributed by atoms with Gasteiger partial charge in [0.1, 0.15) is 0 Å². The molecular formula is C15H21Br3. The van der Waals surface area contributed by atoms with Crippen molar-refractivity contribution in [3.8, 4) is 0 Å². The molecule has 0 spiro atoms. The highest BCUT2D eigenvalue weighted by Gasteiger charge is 2.31. The molecule has 0 radical (unpaired) electrons. The fraction of sp³-hybridized carbons (Fsp3) is 0.600. The Balaban J connectivity index is 2.95. The van der Waals surface area contributed by atoms with Crippen LogP contribution in [0.5, 0.6) is 0 Å². The van der Waals surface area contributed by atoms with Gasteiger partial charge in [0, 0.05) is 20.5 Å². The molecule has 1 rings (SSSR count). The standard InChI is InChI=1S/C15H21Br3/c1-3-4-12(2)9-15(10-16,11-17)13-5-7-14(18)8-6-13/h5-8,12H,3-4,9-11H2,1-2H3. The molecule has 1 aromatic carbocycles. The van der Waals surface area contributed by atoms with Crippen LogP contribution >= 0.6 is 47.8 Å². The molecule has 1 atom stereocenters. The van der Waals surface area contributed by atoms with E-state index in [2.05, 4.69) is 85.9 Å². The zero-order chi connectivity index (χ0) is 13.6. The number of halogens is 3. The van der Waals surface area contributed by atoms with E-state index in [1.54, 1.807) is 0 Å². The van der Waals surface area contributed by atoms with Crippen LogP contribution < -0.4 is 0 Å². The first-order valence-corrected chi connectivity index (χ1v) is 9.49. The van der Waals surface area contributed by atoms with Crippen LogP contribution in [0.2, 0.25) is 0 Å². The van der Waals surface area contributed by atoms with E-state index in [-0.39, 0.29) is 5.41 Å². The molecule has 0 aliphatic rings. The molecule has 0 fully saturated rings. The quantitative estimate of drug-likeness (QED) is 0.436. The Morgan fingerprint density at radius 2 is 1.67 bits per heavy atom. The Hall–Kier alpha value is 0.660. The number of benzene rings is 1. The fourth-order valence-corrected chi connectivity index (χ4v) is 4.78. The molecule has 0 amide bonds. The number of hydrogen-bond donors (Lipinski definition) is 0. The van der Waals surface area contributed by atoms with Crippen LogP contribution in [-0.2, 0) is 5.41 Å².